The van der Waals surface area contributed by atoms with Gasteiger partial charge in [-0.3, -0.25) is 4.90 Å². The van der Waals surface area contributed by atoms with E-state index in [9.17, 15) is 0 Å². The van der Waals surface area contributed by atoms with Gasteiger partial charge in [0.15, 0.2) is 0 Å². The monoisotopic (exact) mass is 271 g/mol. The first-order chi connectivity index (χ1) is 8.22. The normalized spacial score (nSPS) is 28.6. The van der Waals surface area contributed by atoms with E-state index in [-0.39, 0.29) is 0 Å². The molecule has 1 aromatic rings. The molecule has 0 amide bonds. The van der Waals surface area contributed by atoms with Crippen molar-refractivity contribution in [3.63, 3.8) is 0 Å². The fraction of sp³-hybridized carbons (Fsp3) is 0.583. The Balaban J connectivity index is 1.67. The molecule has 0 radical (unpaired) electrons. The van der Waals surface area contributed by atoms with Crippen LogP contribution in [0, 0.1) is 11.8 Å². The molecule has 3 rings (SSSR count). The lowest BCUT2D eigenvalue weighted by Crippen LogP contribution is -2.25. The molecule has 3 nitrogen and oxygen atoms in total. The molecule has 92 valence electrons. The number of hydrogen-bond acceptors (Lipinski definition) is 3. The van der Waals surface area contributed by atoms with E-state index in [2.05, 4.69) is 15.2 Å². The third kappa shape index (κ3) is 2.43. The van der Waals surface area contributed by atoms with Crippen LogP contribution >= 0.6 is 23.2 Å². The maximum atomic E-state index is 6.09. The van der Waals surface area contributed by atoms with E-state index >= 15 is 0 Å². The molecule has 0 unspecified atom stereocenters. The molecule has 3 heterocycles. The first kappa shape index (κ1) is 11.7. The van der Waals surface area contributed by atoms with Gasteiger partial charge in [-0.25, -0.2) is 4.98 Å². The van der Waals surface area contributed by atoms with Crippen molar-refractivity contribution in [3.8, 4) is 0 Å². The summed E-state index contributed by atoms with van der Waals surface area (Å²) in [7, 11) is 0. The third-order valence-corrected chi connectivity index (χ3v) is 4.29. The van der Waals surface area contributed by atoms with Gasteiger partial charge in [0.05, 0.1) is 0 Å². The number of aromatic nitrogens is 1. The van der Waals surface area contributed by atoms with Gasteiger partial charge in [-0.2, -0.15) is 0 Å². The van der Waals surface area contributed by atoms with Crippen LogP contribution in [0.25, 0.3) is 0 Å². The molecular formula is C12H15Cl2N3. The summed E-state index contributed by atoms with van der Waals surface area (Å²) < 4.78 is 0. The van der Waals surface area contributed by atoms with Crippen LogP contribution in [-0.4, -0.2) is 36.1 Å². The molecule has 17 heavy (non-hydrogen) atoms. The lowest BCUT2D eigenvalue weighted by atomic mass is 10.0. The van der Waals surface area contributed by atoms with Crippen molar-refractivity contribution in [1.29, 1.82) is 0 Å². The standard InChI is InChI=1S/C12H15Cl2N3/c13-11-2-1-8(12(14)16-11)5-17-6-9-3-15-4-10(9)7-17/h1-2,9-10,15H,3-7H2/t9-,10+. The van der Waals surface area contributed by atoms with E-state index in [0.717, 1.165) is 50.1 Å². The Bertz CT molecular complexity index is 412. The van der Waals surface area contributed by atoms with Gasteiger partial charge in [0.2, 0.25) is 0 Å². The molecule has 1 aromatic heterocycles. The van der Waals surface area contributed by atoms with Gasteiger partial charge >= 0.3 is 0 Å². The van der Waals surface area contributed by atoms with Crippen LogP contribution < -0.4 is 5.32 Å². The maximum Gasteiger partial charge on any atom is 0.135 e. The fourth-order valence-electron chi connectivity index (χ4n) is 2.88. The van der Waals surface area contributed by atoms with Gasteiger partial charge in [0.25, 0.3) is 0 Å². The molecule has 0 bridgehead atoms. The molecule has 0 spiro atoms. The molecule has 1 N–H and O–H groups in total. The SMILES string of the molecule is Clc1ccc(CN2C[C@H]3CNC[C@H]3C2)c(Cl)n1. The summed E-state index contributed by atoms with van der Waals surface area (Å²) in [6.45, 7) is 5.53. The number of rotatable bonds is 2. The smallest absolute Gasteiger partial charge is 0.135 e. The minimum Gasteiger partial charge on any atom is -0.316 e. The lowest BCUT2D eigenvalue weighted by molar-refractivity contribution is 0.305. The van der Waals surface area contributed by atoms with Crippen molar-refractivity contribution < 1.29 is 0 Å². The number of hydrogen-bond donors (Lipinski definition) is 1. The zero-order valence-electron chi connectivity index (χ0n) is 9.50. The van der Waals surface area contributed by atoms with E-state index in [1.54, 1.807) is 6.07 Å². The number of pyridine rings is 1. The molecule has 0 aromatic carbocycles. The topological polar surface area (TPSA) is 28.2 Å². The number of nitrogens with zero attached hydrogens (tertiary/aromatic N) is 2. The van der Waals surface area contributed by atoms with Crippen LogP contribution in [0.4, 0.5) is 0 Å². The Morgan fingerprint density at radius 3 is 2.59 bits per heavy atom. The number of nitrogens with one attached hydrogen (secondary N) is 1. The fourth-order valence-corrected chi connectivity index (χ4v) is 3.29. The zero-order chi connectivity index (χ0) is 11.8. The highest BCUT2D eigenvalue weighted by atomic mass is 35.5. The summed E-state index contributed by atoms with van der Waals surface area (Å²) >= 11 is 11.9. The molecule has 2 atom stereocenters. The molecule has 2 aliphatic rings. The second-order valence-electron chi connectivity index (χ2n) is 4.96. The summed E-state index contributed by atoms with van der Waals surface area (Å²) in [5, 5.41) is 4.44. The van der Waals surface area contributed by atoms with E-state index in [1.807, 2.05) is 6.07 Å². The highest BCUT2D eigenvalue weighted by Crippen LogP contribution is 2.28. The second kappa shape index (κ2) is 4.73. The minimum absolute atomic E-state index is 0.459. The maximum absolute atomic E-state index is 6.09. The Morgan fingerprint density at radius 1 is 1.24 bits per heavy atom. The first-order valence-corrected chi connectivity index (χ1v) is 6.72. The summed E-state index contributed by atoms with van der Waals surface area (Å²) in [6, 6.07) is 3.78. The largest absolute Gasteiger partial charge is 0.316 e. The zero-order valence-corrected chi connectivity index (χ0v) is 11.0. The first-order valence-electron chi connectivity index (χ1n) is 5.96. The van der Waals surface area contributed by atoms with Crippen molar-refractivity contribution in [2.75, 3.05) is 26.2 Å². The van der Waals surface area contributed by atoms with E-state index < -0.39 is 0 Å². The van der Waals surface area contributed by atoms with Gasteiger partial charge in [-0.05, 0) is 31.0 Å². The molecule has 2 saturated heterocycles. The van der Waals surface area contributed by atoms with Crippen LogP contribution in [0.2, 0.25) is 10.3 Å². The van der Waals surface area contributed by atoms with Gasteiger partial charge in [0, 0.05) is 25.2 Å². The highest BCUT2D eigenvalue weighted by Gasteiger charge is 2.35. The molecule has 0 saturated carbocycles. The van der Waals surface area contributed by atoms with Crippen LogP contribution in [0.15, 0.2) is 12.1 Å². The molecule has 5 heteroatoms. The molecular weight excluding hydrogens is 257 g/mol. The summed E-state index contributed by atoms with van der Waals surface area (Å²) in [5.41, 5.74) is 1.07. The van der Waals surface area contributed by atoms with Crippen LogP contribution in [0.5, 0.6) is 0 Å². The quantitative estimate of drug-likeness (QED) is 0.835. The number of likely N-dealkylation sites (tertiary alicyclic amines) is 1. The predicted octanol–water partition coefficient (Wildman–Crippen LogP) is 2.04. The average Bonchev–Trinajstić information content (AvgIpc) is 2.82. The Hall–Kier alpha value is -0.350. The van der Waals surface area contributed by atoms with Crippen molar-refractivity contribution in [2.24, 2.45) is 11.8 Å². The highest BCUT2D eigenvalue weighted by molar-refractivity contribution is 6.32. The van der Waals surface area contributed by atoms with Crippen molar-refractivity contribution in [3.05, 3.63) is 28.0 Å². The Morgan fingerprint density at radius 2 is 1.94 bits per heavy atom. The molecule has 2 aliphatic heterocycles. The van der Waals surface area contributed by atoms with E-state index in [4.69, 9.17) is 23.2 Å². The molecule has 0 aliphatic carbocycles. The average molecular weight is 272 g/mol. The number of fused-ring (bicyclic) bond motifs is 1. The molecule has 2 fully saturated rings. The Kier molecular flexibility index (Phi) is 3.26. The lowest BCUT2D eigenvalue weighted by Gasteiger charge is -2.17. The second-order valence-corrected chi connectivity index (χ2v) is 5.70. The van der Waals surface area contributed by atoms with Gasteiger partial charge in [0.1, 0.15) is 10.3 Å². The predicted molar refractivity (Wildman–Crippen MR) is 69.4 cm³/mol. The summed E-state index contributed by atoms with van der Waals surface area (Å²) in [5.74, 6) is 1.63. The van der Waals surface area contributed by atoms with Gasteiger partial charge in [-0.1, -0.05) is 29.3 Å². The Labute approximate surface area is 111 Å². The number of halogens is 2. The van der Waals surface area contributed by atoms with E-state index in [1.165, 1.54) is 0 Å². The van der Waals surface area contributed by atoms with Crippen molar-refractivity contribution in [2.45, 2.75) is 6.54 Å². The van der Waals surface area contributed by atoms with Crippen LogP contribution in [0.3, 0.4) is 0 Å². The summed E-state index contributed by atoms with van der Waals surface area (Å²) in [4.78, 5) is 6.54. The summed E-state index contributed by atoms with van der Waals surface area (Å²) in [6.07, 6.45) is 0. The van der Waals surface area contributed by atoms with Crippen molar-refractivity contribution in [1.82, 2.24) is 15.2 Å². The van der Waals surface area contributed by atoms with Crippen LogP contribution in [-0.2, 0) is 6.54 Å². The van der Waals surface area contributed by atoms with Gasteiger partial charge < -0.3 is 5.32 Å². The third-order valence-electron chi connectivity index (χ3n) is 3.75. The van der Waals surface area contributed by atoms with Gasteiger partial charge in [-0.15, -0.1) is 0 Å². The minimum atomic E-state index is 0.459. The van der Waals surface area contributed by atoms with Crippen molar-refractivity contribution >= 4 is 23.2 Å². The van der Waals surface area contributed by atoms with Crippen LogP contribution in [0.1, 0.15) is 5.56 Å². The van der Waals surface area contributed by atoms with E-state index in [0.29, 0.717) is 10.3 Å².